The predicted molar refractivity (Wildman–Crippen MR) is 76.7 cm³/mol. The Morgan fingerprint density at radius 1 is 1.17 bits per heavy atom. The number of rotatable bonds is 2. The average Bonchev–Trinajstić information content (AvgIpc) is 2.82. The summed E-state index contributed by atoms with van der Waals surface area (Å²) in [5, 5.41) is 13.1. The highest BCUT2D eigenvalue weighted by Gasteiger charge is 2.26. The summed E-state index contributed by atoms with van der Waals surface area (Å²) in [6.45, 7) is 0. The number of aliphatic hydroxyl groups excluding tert-OH is 1. The number of aliphatic hydroxyl groups is 1. The first-order valence-corrected chi connectivity index (χ1v) is 7.53. The molecule has 1 unspecified atom stereocenters. The molecule has 2 aromatic rings. The zero-order valence-corrected chi connectivity index (χ0v) is 11.2. The molecule has 3 N–H and O–H groups in total. The van der Waals surface area contributed by atoms with E-state index in [1.54, 1.807) is 11.3 Å². The highest BCUT2D eigenvalue weighted by atomic mass is 32.1. The minimum atomic E-state index is -0.104. The molecule has 18 heavy (non-hydrogen) atoms. The molecule has 1 fully saturated rings. The van der Waals surface area contributed by atoms with Gasteiger partial charge in [-0.3, -0.25) is 0 Å². The summed E-state index contributed by atoms with van der Waals surface area (Å²) in [4.78, 5) is 0. The lowest BCUT2D eigenvalue weighted by atomic mass is 9.80. The van der Waals surface area contributed by atoms with Crippen molar-refractivity contribution in [2.75, 3.05) is 0 Å². The molecular weight excluding hydrogens is 242 g/mol. The van der Waals surface area contributed by atoms with E-state index in [0.717, 1.165) is 25.7 Å². The molecule has 3 rings (SSSR count). The monoisotopic (exact) mass is 261 g/mol. The van der Waals surface area contributed by atoms with Gasteiger partial charge in [0, 0.05) is 10.7 Å². The highest BCUT2D eigenvalue weighted by Crippen LogP contribution is 2.37. The van der Waals surface area contributed by atoms with Crippen LogP contribution in [0.4, 0.5) is 0 Å². The van der Waals surface area contributed by atoms with E-state index >= 15 is 0 Å². The van der Waals surface area contributed by atoms with Gasteiger partial charge in [-0.1, -0.05) is 18.2 Å². The lowest BCUT2D eigenvalue weighted by Gasteiger charge is -2.30. The van der Waals surface area contributed by atoms with Crippen LogP contribution in [-0.4, -0.2) is 11.2 Å². The van der Waals surface area contributed by atoms with Crippen molar-refractivity contribution in [3.8, 4) is 0 Å². The highest BCUT2D eigenvalue weighted by molar-refractivity contribution is 7.17. The Morgan fingerprint density at radius 2 is 1.89 bits per heavy atom. The zero-order valence-electron chi connectivity index (χ0n) is 10.4. The first-order chi connectivity index (χ1) is 8.75. The quantitative estimate of drug-likeness (QED) is 0.869. The van der Waals surface area contributed by atoms with Crippen LogP contribution < -0.4 is 5.73 Å². The molecule has 1 aliphatic carbocycles. The second-order valence-electron chi connectivity index (χ2n) is 5.28. The van der Waals surface area contributed by atoms with Gasteiger partial charge in [0.2, 0.25) is 0 Å². The van der Waals surface area contributed by atoms with Gasteiger partial charge in [0.05, 0.1) is 6.10 Å². The molecule has 1 aliphatic rings. The number of nitrogens with two attached hydrogens (primary N) is 1. The zero-order chi connectivity index (χ0) is 12.5. The molecule has 0 saturated heterocycles. The Hall–Kier alpha value is -0.900. The second kappa shape index (κ2) is 5.00. The van der Waals surface area contributed by atoms with Crippen LogP contribution in [0.1, 0.15) is 37.3 Å². The van der Waals surface area contributed by atoms with Crippen molar-refractivity contribution < 1.29 is 5.11 Å². The standard InChI is InChI=1S/C15H19NOS/c16-15(10-5-7-11(17)8-6-10)13-9-18-14-4-2-1-3-12(13)14/h1-4,9-11,15,17H,5-8,16H2. The van der Waals surface area contributed by atoms with Gasteiger partial charge in [0.25, 0.3) is 0 Å². The summed E-state index contributed by atoms with van der Waals surface area (Å²) in [5.74, 6) is 0.520. The van der Waals surface area contributed by atoms with Crippen molar-refractivity contribution in [3.05, 3.63) is 35.2 Å². The second-order valence-corrected chi connectivity index (χ2v) is 6.19. The fraction of sp³-hybridized carbons (Fsp3) is 0.467. The number of thiophene rings is 1. The molecular formula is C15H19NOS. The van der Waals surface area contributed by atoms with Gasteiger partial charge in [-0.15, -0.1) is 11.3 Å². The first-order valence-electron chi connectivity index (χ1n) is 6.65. The van der Waals surface area contributed by atoms with Gasteiger partial charge in [0.1, 0.15) is 0 Å². The molecule has 3 heteroatoms. The normalized spacial score (nSPS) is 26.3. The number of hydrogen-bond acceptors (Lipinski definition) is 3. The van der Waals surface area contributed by atoms with Crippen LogP contribution >= 0.6 is 11.3 Å². The maximum absolute atomic E-state index is 9.57. The molecule has 0 bridgehead atoms. The number of fused-ring (bicyclic) bond motifs is 1. The Morgan fingerprint density at radius 3 is 2.67 bits per heavy atom. The summed E-state index contributed by atoms with van der Waals surface area (Å²) in [6.07, 6.45) is 3.80. The fourth-order valence-corrected chi connectivity index (χ4v) is 3.98. The van der Waals surface area contributed by atoms with E-state index in [-0.39, 0.29) is 12.1 Å². The minimum absolute atomic E-state index is 0.104. The van der Waals surface area contributed by atoms with Gasteiger partial charge < -0.3 is 10.8 Å². The van der Waals surface area contributed by atoms with E-state index in [1.165, 1.54) is 15.6 Å². The topological polar surface area (TPSA) is 46.2 Å². The van der Waals surface area contributed by atoms with Crippen molar-refractivity contribution >= 4 is 21.4 Å². The van der Waals surface area contributed by atoms with E-state index in [1.807, 2.05) is 0 Å². The Balaban J connectivity index is 1.85. The summed E-state index contributed by atoms with van der Waals surface area (Å²) >= 11 is 1.78. The third-order valence-corrected chi connectivity index (χ3v) is 5.10. The molecule has 96 valence electrons. The SMILES string of the molecule is NC(c1csc2ccccc12)C1CCC(O)CC1. The minimum Gasteiger partial charge on any atom is -0.393 e. The molecule has 0 amide bonds. The predicted octanol–water partition coefficient (Wildman–Crippen LogP) is 3.45. The lowest BCUT2D eigenvalue weighted by molar-refractivity contribution is 0.102. The maximum atomic E-state index is 9.57. The van der Waals surface area contributed by atoms with Crippen molar-refractivity contribution in [1.29, 1.82) is 0 Å². The van der Waals surface area contributed by atoms with Crippen molar-refractivity contribution in [2.24, 2.45) is 11.7 Å². The summed E-state index contributed by atoms with van der Waals surface area (Å²) in [6, 6.07) is 8.59. The van der Waals surface area contributed by atoms with Crippen LogP contribution in [0.2, 0.25) is 0 Å². The van der Waals surface area contributed by atoms with Crippen LogP contribution in [0.3, 0.4) is 0 Å². The fourth-order valence-electron chi connectivity index (χ4n) is 2.97. The van der Waals surface area contributed by atoms with E-state index in [2.05, 4.69) is 29.6 Å². The molecule has 1 atom stereocenters. The smallest absolute Gasteiger partial charge is 0.0540 e. The van der Waals surface area contributed by atoms with E-state index in [0.29, 0.717) is 5.92 Å². The largest absolute Gasteiger partial charge is 0.393 e. The van der Waals surface area contributed by atoms with E-state index in [9.17, 15) is 5.11 Å². The molecule has 1 aromatic carbocycles. The van der Waals surface area contributed by atoms with Gasteiger partial charge in [-0.25, -0.2) is 0 Å². The van der Waals surface area contributed by atoms with Crippen LogP contribution in [0.5, 0.6) is 0 Å². The van der Waals surface area contributed by atoms with Crippen LogP contribution in [-0.2, 0) is 0 Å². The summed E-state index contributed by atoms with van der Waals surface area (Å²) < 4.78 is 1.32. The van der Waals surface area contributed by atoms with Crippen LogP contribution in [0.15, 0.2) is 29.6 Å². The molecule has 0 aliphatic heterocycles. The van der Waals surface area contributed by atoms with Crippen molar-refractivity contribution in [3.63, 3.8) is 0 Å². The molecule has 1 heterocycles. The van der Waals surface area contributed by atoms with E-state index in [4.69, 9.17) is 5.73 Å². The van der Waals surface area contributed by atoms with Crippen molar-refractivity contribution in [1.82, 2.24) is 0 Å². The summed E-state index contributed by atoms with van der Waals surface area (Å²) in [5.41, 5.74) is 7.74. The van der Waals surface area contributed by atoms with Gasteiger partial charge in [-0.2, -0.15) is 0 Å². The van der Waals surface area contributed by atoms with Crippen LogP contribution in [0.25, 0.3) is 10.1 Å². The maximum Gasteiger partial charge on any atom is 0.0540 e. The Kier molecular flexibility index (Phi) is 3.37. The molecule has 2 nitrogen and oxygen atoms in total. The number of hydrogen-bond donors (Lipinski definition) is 2. The third-order valence-electron chi connectivity index (χ3n) is 4.12. The third kappa shape index (κ3) is 2.18. The van der Waals surface area contributed by atoms with Gasteiger partial charge in [0.15, 0.2) is 0 Å². The Bertz CT molecular complexity index is 528. The molecule has 1 saturated carbocycles. The van der Waals surface area contributed by atoms with Gasteiger partial charge >= 0.3 is 0 Å². The Labute approximate surface area is 111 Å². The van der Waals surface area contributed by atoms with Gasteiger partial charge in [-0.05, 0) is 54.0 Å². The molecule has 0 radical (unpaired) electrons. The number of benzene rings is 1. The van der Waals surface area contributed by atoms with Crippen LogP contribution in [0, 0.1) is 5.92 Å². The van der Waals surface area contributed by atoms with Crippen molar-refractivity contribution in [2.45, 2.75) is 37.8 Å². The molecule has 0 spiro atoms. The van der Waals surface area contributed by atoms with E-state index < -0.39 is 0 Å². The molecule has 1 aromatic heterocycles. The lowest BCUT2D eigenvalue weighted by Crippen LogP contribution is -2.27. The average molecular weight is 261 g/mol. The summed E-state index contributed by atoms with van der Waals surface area (Å²) in [7, 11) is 0. The first kappa shape index (κ1) is 12.2.